The lowest BCUT2D eigenvalue weighted by atomic mass is 10.1. The van der Waals surface area contributed by atoms with E-state index in [9.17, 15) is 18.7 Å². The van der Waals surface area contributed by atoms with E-state index in [1.807, 2.05) is 19.1 Å². The van der Waals surface area contributed by atoms with Crippen molar-refractivity contribution in [3.63, 3.8) is 0 Å². The van der Waals surface area contributed by atoms with Gasteiger partial charge in [0.2, 0.25) is 5.91 Å². The van der Waals surface area contributed by atoms with Crippen LogP contribution in [0.4, 0.5) is 8.78 Å². The van der Waals surface area contributed by atoms with E-state index >= 15 is 0 Å². The Morgan fingerprint density at radius 1 is 1.19 bits per heavy atom. The Morgan fingerprint density at radius 2 is 1.85 bits per heavy atom. The number of ether oxygens (including phenoxy) is 1. The third-order valence-corrected chi connectivity index (χ3v) is 3.56. The normalized spacial score (nSPS) is 12.7. The number of halogens is 3. The number of aryl methyl sites for hydroxylation is 1. The van der Waals surface area contributed by atoms with Gasteiger partial charge in [-0.1, -0.05) is 29.8 Å². The summed E-state index contributed by atoms with van der Waals surface area (Å²) >= 11 is 0. The van der Waals surface area contributed by atoms with Gasteiger partial charge in [-0.2, -0.15) is 0 Å². The lowest BCUT2D eigenvalue weighted by Crippen LogP contribution is -2.40. The van der Waals surface area contributed by atoms with Gasteiger partial charge < -0.3 is 20.9 Å². The van der Waals surface area contributed by atoms with E-state index in [0.29, 0.717) is 5.56 Å². The molecule has 2 atom stereocenters. The number of hydrogen-bond acceptors (Lipinski definition) is 4. The van der Waals surface area contributed by atoms with Crippen molar-refractivity contribution < 1.29 is 23.4 Å². The quantitative estimate of drug-likeness (QED) is 0.681. The zero-order chi connectivity index (χ0) is 18.4. The van der Waals surface area contributed by atoms with E-state index in [4.69, 9.17) is 10.5 Å². The van der Waals surface area contributed by atoms with Crippen LogP contribution in [0.2, 0.25) is 0 Å². The first-order valence-electron chi connectivity index (χ1n) is 7.72. The highest BCUT2D eigenvalue weighted by atomic mass is 35.5. The number of hydrogen-bond donors (Lipinski definition) is 3. The maximum absolute atomic E-state index is 13.0. The van der Waals surface area contributed by atoms with Crippen LogP contribution in [0.15, 0.2) is 42.5 Å². The molecule has 0 aliphatic rings. The molecule has 2 unspecified atom stereocenters. The number of benzene rings is 2. The van der Waals surface area contributed by atoms with Crippen molar-refractivity contribution in [3.8, 4) is 5.75 Å². The first kappa shape index (κ1) is 21.8. The fourth-order valence-electron chi connectivity index (χ4n) is 2.07. The summed E-state index contributed by atoms with van der Waals surface area (Å²) in [6.07, 6.45) is -1.03. The van der Waals surface area contributed by atoms with Gasteiger partial charge in [-0.3, -0.25) is 4.79 Å². The van der Waals surface area contributed by atoms with E-state index in [1.165, 1.54) is 6.07 Å². The van der Waals surface area contributed by atoms with Crippen molar-refractivity contribution in [2.24, 2.45) is 5.73 Å². The molecule has 0 aliphatic heterocycles. The molecule has 0 fully saturated rings. The summed E-state index contributed by atoms with van der Waals surface area (Å²) in [7, 11) is 0. The van der Waals surface area contributed by atoms with Gasteiger partial charge in [0.05, 0.1) is 0 Å². The predicted molar refractivity (Wildman–Crippen MR) is 96.2 cm³/mol. The minimum atomic E-state index is -1.04. The minimum Gasteiger partial charge on any atom is -0.491 e. The molecule has 1 amide bonds. The molecule has 0 radical (unpaired) electrons. The molecule has 8 heteroatoms. The number of aliphatic hydroxyl groups is 1. The smallest absolute Gasteiger partial charge is 0.241 e. The Morgan fingerprint density at radius 3 is 2.46 bits per heavy atom. The minimum absolute atomic E-state index is 0. The van der Waals surface area contributed by atoms with Gasteiger partial charge in [0.15, 0.2) is 11.6 Å². The second-order valence-electron chi connectivity index (χ2n) is 5.67. The van der Waals surface area contributed by atoms with Crippen LogP contribution in [0.3, 0.4) is 0 Å². The van der Waals surface area contributed by atoms with E-state index < -0.39 is 29.7 Å². The van der Waals surface area contributed by atoms with E-state index in [1.54, 1.807) is 12.1 Å². The molecular weight excluding hydrogens is 366 g/mol. The second kappa shape index (κ2) is 10.1. The van der Waals surface area contributed by atoms with Crippen molar-refractivity contribution in [3.05, 3.63) is 65.2 Å². The summed E-state index contributed by atoms with van der Waals surface area (Å²) in [4.78, 5) is 12.0. The molecule has 0 heterocycles. The van der Waals surface area contributed by atoms with Crippen LogP contribution < -0.4 is 15.8 Å². The highest BCUT2D eigenvalue weighted by molar-refractivity contribution is 5.85. The Bertz CT molecular complexity index is 729. The summed E-state index contributed by atoms with van der Waals surface area (Å²) in [5, 5.41) is 12.3. The average molecular weight is 387 g/mol. The highest BCUT2D eigenvalue weighted by Gasteiger charge is 2.17. The van der Waals surface area contributed by atoms with Gasteiger partial charge >= 0.3 is 0 Å². The molecule has 2 aromatic rings. The molecule has 0 aliphatic carbocycles. The molecule has 0 bridgehead atoms. The number of amides is 1. The topological polar surface area (TPSA) is 84.6 Å². The Balaban J connectivity index is 0.00000338. The summed E-state index contributed by atoms with van der Waals surface area (Å²) in [6.45, 7) is 1.66. The van der Waals surface area contributed by atoms with Gasteiger partial charge in [0.1, 0.15) is 24.5 Å². The largest absolute Gasteiger partial charge is 0.491 e. The van der Waals surface area contributed by atoms with E-state index in [-0.39, 0.29) is 31.3 Å². The Kier molecular flexibility index (Phi) is 8.44. The van der Waals surface area contributed by atoms with E-state index in [2.05, 4.69) is 5.32 Å². The maximum atomic E-state index is 13.0. The first-order valence-corrected chi connectivity index (χ1v) is 7.72. The lowest BCUT2D eigenvalue weighted by Gasteiger charge is -2.16. The van der Waals surface area contributed by atoms with Crippen LogP contribution in [-0.2, 0) is 4.79 Å². The number of carbonyl (C=O) groups is 1. The molecule has 0 saturated carbocycles. The second-order valence-corrected chi connectivity index (χ2v) is 5.67. The molecule has 2 rings (SSSR count). The predicted octanol–water partition coefficient (Wildman–Crippen LogP) is 2.25. The molecule has 4 N–H and O–H groups in total. The maximum Gasteiger partial charge on any atom is 0.241 e. The molecule has 0 spiro atoms. The SMILES string of the molecule is Cc1ccc(C(N)C(=O)NCC(O)COc2ccc(F)c(F)c2)cc1.Cl. The number of nitrogens with two attached hydrogens (primary N) is 1. The number of aliphatic hydroxyl groups excluding tert-OH is 1. The van der Waals surface area contributed by atoms with Gasteiger partial charge in [0.25, 0.3) is 0 Å². The molecule has 0 saturated heterocycles. The summed E-state index contributed by atoms with van der Waals surface area (Å²) in [5.41, 5.74) is 7.59. The van der Waals surface area contributed by atoms with Crippen molar-refractivity contribution >= 4 is 18.3 Å². The van der Waals surface area contributed by atoms with Gasteiger partial charge in [-0.25, -0.2) is 8.78 Å². The van der Waals surface area contributed by atoms with Crippen LogP contribution in [0.25, 0.3) is 0 Å². The van der Waals surface area contributed by atoms with Gasteiger partial charge in [-0.05, 0) is 24.6 Å². The van der Waals surface area contributed by atoms with Crippen LogP contribution in [0, 0.1) is 18.6 Å². The fourth-order valence-corrected chi connectivity index (χ4v) is 2.07. The highest BCUT2D eigenvalue weighted by Crippen LogP contribution is 2.15. The summed E-state index contributed by atoms with van der Waals surface area (Å²) < 4.78 is 31.0. The van der Waals surface area contributed by atoms with Crippen molar-refractivity contribution in [2.45, 2.75) is 19.1 Å². The summed E-state index contributed by atoms with van der Waals surface area (Å²) in [6, 6.07) is 9.45. The number of nitrogens with one attached hydrogen (secondary N) is 1. The number of carbonyl (C=O) groups excluding carboxylic acids is 1. The monoisotopic (exact) mass is 386 g/mol. The Labute approximate surface area is 156 Å². The van der Waals surface area contributed by atoms with Crippen molar-refractivity contribution in [2.75, 3.05) is 13.2 Å². The fraction of sp³-hybridized carbons (Fsp3) is 0.278. The first-order chi connectivity index (χ1) is 11.9. The van der Waals surface area contributed by atoms with Crippen LogP contribution in [-0.4, -0.2) is 30.3 Å². The third kappa shape index (κ3) is 6.25. The lowest BCUT2D eigenvalue weighted by molar-refractivity contribution is -0.123. The van der Waals surface area contributed by atoms with Gasteiger partial charge in [-0.15, -0.1) is 12.4 Å². The van der Waals surface area contributed by atoms with Crippen LogP contribution in [0.1, 0.15) is 17.2 Å². The van der Waals surface area contributed by atoms with Crippen LogP contribution in [0.5, 0.6) is 5.75 Å². The number of rotatable bonds is 7. The van der Waals surface area contributed by atoms with Crippen molar-refractivity contribution in [1.29, 1.82) is 0 Å². The van der Waals surface area contributed by atoms with Gasteiger partial charge in [0, 0.05) is 12.6 Å². The zero-order valence-electron chi connectivity index (χ0n) is 14.1. The molecular formula is C18H21ClF2N2O3. The standard InChI is InChI=1S/C18H20F2N2O3.ClH/c1-11-2-4-12(5-3-11)17(21)18(24)22-9-13(23)10-25-14-6-7-15(19)16(20)8-14;/h2-8,13,17,23H,9-10,21H2,1H3,(H,22,24);1H. The zero-order valence-corrected chi connectivity index (χ0v) is 14.9. The molecule has 26 heavy (non-hydrogen) atoms. The van der Waals surface area contributed by atoms with E-state index in [0.717, 1.165) is 17.7 Å². The average Bonchev–Trinajstić information content (AvgIpc) is 2.60. The van der Waals surface area contributed by atoms with Crippen LogP contribution >= 0.6 is 12.4 Å². The Hall–Kier alpha value is -2.22. The molecule has 2 aromatic carbocycles. The molecule has 5 nitrogen and oxygen atoms in total. The van der Waals surface area contributed by atoms with Crippen molar-refractivity contribution in [1.82, 2.24) is 5.32 Å². The summed E-state index contributed by atoms with van der Waals surface area (Å²) in [5.74, 6) is -2.37. The molecule has 0 aromatic heterocycles. The molecule has 142 valence electrons. The third-order valence-electron chi connectivity index (χ3n) is 3.56.